The Hall–Kier alpha value is -0.530. The van der Waals surface area contributed by atoms with E-state index < -0.39 is 0 Å². The summed E-state index contributed by atoms with van der Waals surface area (Å²) in [5.41, 5.74) is 0. The second-order valence-corrected chi connectivity index (χ2v) is 3.48. The summed E-state index contributed by atoms with van der Waals surface area (Å²) in [5.74, 6) is 1.00. The van der Waals surface area contributed by atoms with Crippen LogP contribution in [-0.2, 0) is 4.79 Å². The molecule has 0 spiro atoms. The van der Waals surface area contributed by atoms with E-state index in [1.807, 2.05) is 0 Å². The fourth-order valence-corrected chi connectivity index (χ4v) is 2.22. The van der Waals surface area contributed by atoms with Gasteiger partial charge in [0.1, 0.15) is 0 Å². The molecular weight excluding hydrogens is 126 g/mol. The first-order chi connectivity index (χ1) is 4.79. The van der Waals surface area contributed by atoms with Crippen LogP contribution in [0.3, 0.4) is 0 Å². The van der Waals surface area contributed by atoms with E-state index in [1.165, 1.54) is 12.8 Å². The second-order valence-electron chi connectivity index (χ2n) is 3.48. The van der Waals surface area contributed by atoms with Gasteiger partial charge in [-0.15, -0.1) is 0 Å². The fraction of sp³-hybridized carbons (Fsp3) is 0.875. The molecule has 56 valence electrons. The van der Waals surface area contributed by atoms with Crippen LogP contribution in [0.5, 0.6) is 0 Å². The Kier molecular flexibility index (Phi) is 1.22. The first-order valence-corrected chi connectivity index (χ1v) is 4.08. The topological polar surface area (TPSA) is 20.3 Å². The summed E-state index contributed by atoms with van der Waals surface area (Å²) in [6.45, 7) is 3.21. The number of rotatable bonds is 0. The van der Waals surface area contributed by atoms with Gasteiger partial charge in [-0.05, 0) is 18.8 Å². The zero-order valence-corrected chi connectivity index (χ0v) is 6.34. The van der Waals surface area contributed by atoms with Gasteiger partial charge in [0.2, 0.25) is 5.91 Å². The van der Waals surface area contributed by atoms with Gasteiger partial charge >= 0.3 is 0 Å². The average Bonchev–Trinajstić information content (AvgIpc) is 2.39. The van der Waals surface area contributed by atoms with Crippen molar-refractivity contribution in [1.29, 1.82) is 0 Å². The summed E-state index contributed by atoms with van der Waals surface area (Å²) >= 11 is 0. The number of nitrogens with zero attached hydrogens (tertiary/aromatic N) is 1. The molecule has 2 saturated heterocycles. The number of fused-ring (bicyclic) bond motifs is 1. The van der Waals surface area contributed by atoms with Crippen LogP contribution in [0.1, 0.15) is 26.2 Å². The quantitative estimate of drug-likeness (QED) is 0.490. The molecule has 0 aromatic rings. The molecule has 2 heteroatoms. The molecule has 0 N–H and O–H groups in total. The van der Waals surface area contributed by atoms with Crippen LogP contribution < -0.4 is 0 Å². The minimum absolute atomic E-state index is 0.384. The Labute approximate surface area is 61.2 Å². The first kappa shape index (κ1) is 6.20. The monoisotopic (exact) mass is 139 g/mol. The molecule has 2 heterocycles. The van der Waals surface area contributed by atoms with E-state index in [-0.39, 0.29) is 0 Å². The molecule has 10 heavy (non-hydrogen) atoms. The van der Waals surface area contributed by atoms with Crippen molar-refractivity contribution in [2.75, 3.05) is 6.54 Å². The lowest BCUT2D eigenvalue weighted by Gasteiger charge is -2.16. The molecule has 2 aliphatic heterocycles. The third kappa shape index (κ3) is 0.678. The van der Waals surface area contributed by atoms with Crippen molar-refractivity contribution in [2.24, 2.45) is 5.92 Å². The molecule has 0 aliphatic carbocycles. The maximum Gasteiger partial charge on any atom is 0.223 e. The minimum Gasteiger partial charge on any atom is -0.339 e. The van der Waals surface area contributed by atoms with Crippen molar-refractivity contribution in [3.63, 3.8) is 0 Å². The second kappa shape index (κ2) is 1.97. The van der Waals surface area contributed by atoms with Crippen molar-refractivity contribution in [1.82, 2.24) is 4.90 Å². The molecule has 2 rings (SSSR count). The smallest absolute Gasteiger partial charge is 0.223 e. The Morgan fingerprint density at radius 1 is 1.60 bits per heavy atom. The molecule has 0 aromatic heterocycles. The average molecular weight is 139 g/mol. The fourth-order valence-electron chi connectivity index (χ4n) is 2.22. The minimum atomic E-state index is 0.384. The highest BCUT2D eigenvalue weighted by Crippen LogP contribution is 2.32. The van der Waals surface area contributed by atoms with E-state index in [0.717, 1.165) is 13.0 Å². The molecule has 1 unspecified atom stereocenters. The SMILES string of the molecule is C[C@@H]1CC(=O)N2CCCC12. The van der Waals surface area contributed by atoms with E-state index in [9.17, 15) is 4.79 Å². The highest BCUT2D eigenvalue weighted by Gasteiger charge is 2.39. The molecule has 1 amide bonds. The number of hydrogen-bond donors (Lipinski definition) is 0. The maximum absolute atomic E-state index is 11.2. The lowest BCUT2D eigenvalue weighted by molar-refractivity contribution is -0.127. The molecule has 0 saturated carbocycles. The van der Waals surface area contributed by atoms with Crippen LogP contribution in [0.4, 0.5) is 0 Å². The van der Waals surface area contributed by atoms with Crippen LogP contribution in [-0.4, -0.2) is 23.4 Å². The van der Waals surface area contributed by atoms with Crippen LogP contribution >= 0.6 is 0 Å². The predicted octanol–water partition coefficient (Wildman–Crippen LogP) is 1.02. The number of hydrogen-bond acceptors (Lipinski definition) is 1. The van der Waals surface area contributed by atoms with Crippen molar-refractivity contribution in [2.45, 2.75) is 32.2 Å². The summed E-state index contributed by atoms with van der Waals surface area (Å²) in [5, 5.41) is 0. The van der Waals surface area contributed by atoms with Gasteiger partial charge in [0, 0.05) is 19.0 Å². The molecule has 0 radical (unpaired) electrons. The molecule has 2 atom stereocenters. The van der Waals surface area contributed by atoms with Crippen LogP contribution in [0.15, 0.2) is 0 Å². The Morgan fingerprint density at radius 2 is 2.40 bits per heavy atom. The van der Waals surface area contributed by atoms with E-state index >= 15 is 0 Å². The molecular formula is C8H13NO. The van der Waals surface area contributed by atoms with Gasteiger partial charge in [-0.25, -0.2) is 0 Å². The Morgan fingerprint density at radius 3 is 3.10 bits per heavy atom. The van der Waals surface area contributed by atoms with E-state index in [1.54, 1.807) is 0 Å². The van der Waals surface area contributed by atoms with Crippen LogP contribution in [0.2, 0.25) is 0 Å². The highest BCUT2D eigenvalue weighted by atomic mass is 16.2. The molecule has 2 fully saturated rings. The van der Waals surface area contributed by atoms with Gasteiger partial charge < -0.3 is 4.90 Å². The third-order valence-corrected chi connectivity index (χ3v) is 2.77. The normalized spacial score (nSPS) is 38.9. The van der Waals surface area contributed by atoms with Gasteiger partial charge in [0.25, 0.3) is 0 Å². The maximum atomic E-state index is 11.2. The van der Waals surface area contributed by atoms with Crippen molar-refractivity contribution < 1.29 is 4.79 Å². The number of carbonyl (C=O) groups is 1. The molecule has 2 nitrogen and oxygen atoms in total. The summed E-state index contributed by atoms with van der Waals surface area (Å²) in [7, 11) is 0. The summed E-state index contributed by atoms with van der Waals surface area (Å²) < 4.78 is 0. The van der Waals surface area contributed by atoms with Gasteiger partial charge in [0.05, 0.1) is 0 Å². The van der Waals surface area contributed by atoms with E-state index in [4.69, 9.17) is 0 Å². The van der Waals surface area contributed by atoms with Crippen LogP contribution in [0.25, 0.3) is 0 Å². The Bertz CT molecular complexity index is 167. The predicted molar refractivity (Wildman–Crippen MR) is 38.5 cm³/mol. The van der Waals surface area contributed by atoms with E-state index in [0.29, 0.717) is 17.9 Å². The van der Waals surface area contributed by atoms with Gasteiger partial charge in [-0.2, -0.15) is 0 Å². The first-order valence-electron chi connectivity index (χ1n) is 4.08. The van der Waals surface area contributed by atoms with Gasteiger partial charge in [-0.3, -0.25) is 4.79 Å². The van der Waals surface area contributed by atoms with Gasteiger partial charge in [-0.1, -0.05) is 6.92 Å². The lowest BCUT2D eigenvalue weighted by Crippen LogP contribution is -2.28. The Balaban J connectivity index is 2.19. The summed E-state index contributed by atoms with van der Waals surface area (Å²) in [6, 6.07) is 0.604. The highest BCUT2D eigenvalue weighted by molar-refractivity contribution is 5.79. The zero-order valence-electron chi connectivity index (χ0n) is 6.34. The van der Waals surface area contributed by atoms with E-state index in [2.05, 4.69) is 11.8 Å². The third-order valence-electron chi connectivity index (χ3n) is 2.77. The van der Waals surface area contributed by atoms with Crippen molar-refractivity contribution in [3.8, 4) is 0 Å². The molecule has 2 aliphatic rings. The lowest BCUT2D eigenvalue weighted by atomic mass is 10.0. The molecule has 0 bridgehead atoms. The summed E-state index contributed by atoms with van der Waals surface area (Å²) in [4.78, 5) is 13.3. The standard InChI is InChI=1S/C8H13NO/c1-6-5-8(10)9-4-2-3-7(6)9/h6-7H,2-5H2,1H3/t6-,7?/m1/s1. The largest absolute Gasteiger partial charge is 0.339 e. The molecule has 0 aromatic carbocycles. The van der Waals surface area contributed by atoms with Crippen molar-refractivity contribution >= 4 is 5.91 Å². The summed E-state index contributed by atoms with van der Waals surface area (Å²) in [6.07, 6.45) is 3.26. The van der Waals surface area contributed by atoms with Gasteiger partial charge in [0.15, 0.2) is 0 Å². The zero-order chi connectivity index (χ0) is 7.14. The number of amides is 1. The number of carbonyl (C=O) groups excluding carboxylic acids is 1. The van der Waals surface area contributed by atoms with Crippen molar-refractivity contribution in [3.05, 3.63) is 0 Å². The van der Waals surface area contributed by atoms with Crippen LogP contribution in [0, 0.1) is 5.92 Å².